The summed E-state index contributed by atoms with van der Waals surface area (Å²) in [4.78, 5) is 26.0. The molecule has 0 saturated heterocycles. The van der Waals surface area contributed by atoms with Crippen LogP contribution in [0.4, 0.5) is 17.1 Å². The summed E-state index contributed by atoms with van der Waals surface area (Å²) in [5.74, 6) is -0.389. The first-order chi connectivity index (χ1) is 19.9. The zero-order valence-electron chi connectivity index (χ0n) is 23.7. The molecule has 8 nitrogen and oxygen atoms in total. The van der Waals surface area contributed by atoms with Crippen LogP contribution in [-0.2, 0) is 20.2 Å². The lowest BCUT2D eigenvalue weighted by Crippen LogP contribution is -2.38. The Morgan fingerprint density at radius 2 is 1.45 bits per heavy atom. The Balaban J connectivity index is 1.51. The fourth-order valence-electron chi connectivity index (χ4n) is 4.15. The Kier molecular flexibility index (Phi) is 9.23. The Labute approximate surface area is 251 Å². The highest BCUT2D eigenvalue weighted by molar-refractivity contribution is 7.92. The number of sulfonamides is 1. The molecule has 2 N–H and O–H groups in total. The van der Waals surface area contributed by atoms with Crippen LogP contribution in [0.15, 0.2) is 102 Å². The minimum absolute atomic E-state index is 0.0173. The number of benzene rings is 4. The van der Waals surface area contributed by atoms with Gasteiger partial charge in [-0.2, -0.15) is 0 Å². The zero-order chi connectivity index (χ0) is 30.5. The number of nitrogens with one attached hydrogen (secondary N) is 2. The number of halogens is 1. The molecule has 0 heterocycles. The number of carbonyl (C=O) groups excluding carboxylic acids is 2. The second-order valence-electron chi connectivity index (χ2n) is 10.6. The lowest BCUT2D eigenvalue weighted by molar-refractivity contribution is -0.114. The van der Waals surface area contributed by atoms with E-state index in [1.807, 2.05) is 12.1 Å². The smallest absolute Gasteiger partial charge is 0.264 e. The van der Waals surface area contributed by atoms with Crippen molar-refractivity contribution in [2.24, 2.45) is 0 Å². The van der Waals surface area contributed by atoms with Gasteiger partial charge in [-0.3, -0.25) is 13.9 Å². The van der Waals surface area contributed by atoms with E-state index in [4.69, 9.17) is 16.3 Å². The van der Waals surface area contributed by atoms with Gasteiger partial charge in [0.15, 0.2) is 0 Å². The minimum atomic E-state index is -4.15. The average Bonchev–Trinajstić information content (AvgIpc) is 2.95. The monoisotopic (exact) mass is 605 g/mol. The maximum Gasteiger partial charge on any atom is 0.264 e. The number of amides is 2. The largest absolute Gasteiger partial charge is 0.497 e. The van der Waals surface area contributed by atoms with Gasteiger partial charge >= 0.3 is 0 Å². The summed E-state index contributed by atoms with van der Waals surface area (Å²) in [6.45, 7) is 5.78. The topological polar surface area (TPSA) is 105 Å². The lowest BCUT2D eigenvalue weighted by Gasteiger charge is -2.24. The van der Waals surface area contributed by atoms with Crippen molar-refractivity contribution in [2.75, 3.05) is 28.6 Å². The number of anilines is 3. The second kappa shape index (κ2) is 12.7. The first-order valence-corrected chi connectivity index (χ1v) is 14.9. The van der Waals surface area contributed by atoms with Gasteiger partial charge in [0.25, 0.3) is 15.9 Å². The molecule has 0 unspecified atom stereocenters. The molecule has 0 atom stereocenters. The molecule has 4 rings (SSSR count). The van der Waals surface area contributed by atoms with E-state index >= 15 is 0 Å². The molecule has 42 heavy (non-hydrogen) atoms. The predicted octanol–water partition coefficient (Wildman–Crippen LogP) is 6.73. The molecule has 0 fully saturated rings. The number of ether oxygens (including phenoxy) is 1. The van der Waals surface area contributed by atoms with Crippen molar-refractivity contribution in [2.45, 2.75) is 31.1 Å². The molecule has 0 aliphatic heterocycles. The van der Waals surface area contributed by atoms with Crippen LogP contribution in [0.1, 0.15) is 36.7 Å². The maximum absolute atomic E-state index is 13.6. The molecule has 10 heteroatoms. The molecule has 0 aliphatic carbocycles. The summed E-state index contributed by atoms with van der Waals surface area (Å²) < 4.78 is 33.4. The molecule has 0 radical (unpaired) electrons. The van der Waals surface area contributed by atoms with E-state index in [1.54, 1.807) is 54.6 Å². The molecule has 0 aromatic heterocycles. The highest BCUT2D eigenvalue weighted by atomic mass is 35.5. The first-order valence-electron chi connectivity index (χ1n) is 13.1. The van der Waals surface area contributed by atoms with Gasteiger partial charge in [-0.1, -0.05) is 56.6 Å². The summed E-state index contributed by atoms with van der Waals surface area (Å²) in [5, 5.41) is 5.88. The molecular formula is C32H32ClN3O5S. The van der Waals surface area contributed by atoms with Crippen molar-refractivity contribution in [3.8, 4) is 5.75 Å². The number of rotatable bonds is 9. The Hall–Kier alpha value is -4.34. The Morgan fingerprint density at radius 1 is 0.833 bits per heavy atom. The molecule has 0 spiro atoms. The van der Waals surface area contributed by atoms with E-state index < -0.39 is 22.5 Å². The van der Waals surface area contributed by atoms with Crippen LogP contribution < -0.4 is 19.7 Å². The quantitative estimate of drug-likeness (QED) is 0.220. The molecule has 0 saturated carbocycles. The number of methoxy groups -OCH3 is 1. The van der Waals surface area contributed by atoms with Crippen molar-refractivity contribution < 1.29 is 22.7 Å². The number of carbonyl (C=O) groups is 2. The van der Waals surface area contributed by atoms with Crippen LogP contribution in [0.5, 0.6) is 5.75 Å². The number of hydrogen-bond donors (Lipinski definition) is 2. The highest BCUT2D eigenvalue weighted by Gasteiger charge is 2.27. The van der Waals surface area contributed by atoms with E-state index in [2.05, 4.69) is 31.4 Å². The van der Waals surface area contributed by atoms with E-state index in [1.165, 1.54) is 37.4 Å². The van der Waals surface area contributed by atoms with Crippen LogP contribution in [0.25, 0.3) is 0 Å². The van der Waals surface area contributed by atoms with Crippen LogP contribution >= 0.6 is 11.6 Å². The average molecular weight is 606 g/mol. The van der Waals surface area contributed by atoms with Crippen LogP contribution in [0.3, 0.4) is 0 Å². The molecule has 218 valence electrons. The van der Waals surface area contributed by atoms with Gasteiger partial charge in [-0.25, -0.2) is 8.42 Å². The third-order valence-electron chi connectivity index (χ3n) is 6.45. The summed E-state index contributed by atoms with van der Waals surface area (Å²) in [6.07, 6.45) is 0. The number of hydrogen-bond acceptors (Lipinski definition) is 5. The summed E-state index contributed by atoms with van der Waals surface area (Å²) >= 11 is 6.15. The Bertz CT molecular complexity index is 1680. The van der Waals surface area contributed by atoms with Crippen molar-refractivity contribution >= 4 is 50.5 Å². The highest BCUT2D eigenvalue weighted by Crippen LogP contribution is 2.28. The maximum atomic E-state index is 13.6. The summed E-state index contributed by atoms with van der Waals surface area (Å²) in [7, 11) is -2.67. The molecule has 0 aliphatic rings. The van der Waals surface area contributed by atoms with E-state index in [-0.39, 0.29) is 21.9 Å². The van der Waals surface area contributed by atoms with Crippen molar-refractivity contribution in [1.29, 1.82) is 0 Å². The minimum Gasteiger partial charge on any atom is -0.497 e. The van der Waals surface area contributed by atoms with Crippen molar-refractivity contribution in [3.05, 3.63) is 113 Å². The van der Waals surface area contributed by atoms with Crippen molar-refractivity contribution in [3.63, 3.8) is 0 Å². The van der Waals surface area contributed by atoms with E-state index in [0.29, 0.717) is 27.7 Å². The van der Waals surface area contributed by atoms with Gasteiger partial charge in [0.1, 0.15) is 12.3 Å². The molecule has 0 bridgehead atoms. The third-order valence-corrected chi connectivity index (χ3v) is 8.47. The van der Waals surface area contributed by atoms with Crippen LogP contribution in [-0.4, -0.2) is 33.9 Å². The number of nitrogens with zero attached hydrogens (tertiary/aromatic N) is 1. The van der Waals surface area contributed by atoms with E-state index in [0.717, 1.165) is 9.87 Å². The van der Waals surface area contributed by atoms with E-state index in [9.17, 15) is 18.0 Å². The second-order valence-corrected chi connectivity index (χ2v) is 12.9. The summed E-state index contributed by atoms with van der Waals surface area (Å²) in [6, 6.07) is 26.2. The van der Waals surface area contributed by atoms with Gasteiger partial charge in [-0.15, -0.1) is 0 Å². The SMILES string of the molecule is COc1ccc(S(=O)(=O)N(CC(=O)Nc2cccc(NC(=O)c3ccc(C(C)(C)C)cc3)c2)c2cccc(Cl)c2)cc1. The fraction of sp³-hybridized carbons (Fsp3) is 0.188. The molecule has 4 aromatic rings. The van der Waals surface area contributed by atoms with Gasteiger partial charge in [0, 0.05) is 22.0 Å². The third kappa shape index (κ3) is 7.48. The molecular weight excluding hydrogens is 574 g/mol. The Morgan fingerprint density at radius 3 is 2.05 bits per heavy atom. The van der Waals surface area contributed by atoms with Gasteiger partial charge in [0.05, 0.1) is 17.7 Å². The molecule has 4 aromatic carbocycles. The molecule has 2 amide bonds. The normalized spacial score (nSPS) is 11.5. The van der Waals surface area contributed by atoms with Gasteiger partial charge < -0.3 is 15.4 Å². The van der Waals surface area contributed by atoms with Gasteiger partial charge in [-0.05, 0) is 83.8 Å². The van der Waals surface area contributed by atoms with Gasteiger partial charge in [0.2, 0.25) is 5.91 Å². The fourth-order valence-corrected chi connectivity index (χ4v) is 5.75. The standard InChI is InChI=1S/C32H32ClN3O5S/c1-32(2,3)23-13-11-22(12-14-23)31(38)35-26-9-6-8-25(20-26)34-30(37)21-36(27-10-5-7-24(33)19-27)42(39,40)29-17-15-28(41-4)16-18-29/h5-20H,21H2,1-4H3,(H,34,37)(H,35,38). The van der Waals surface area contributed by atoms with Crippen LogP contribution in [0.2, 0.25) is 5.02 Å². The van der Waals surface area contributed by atoms with Crippen molar-refractivity contribution in [1.82, 2.24) is 0 Å². The zero-order valence-corrected chi connectivity index (χ0v) is 25.3. The first kappa shape index (κ1) is 30.6. The summed E-state index contributed by atoms with van der Waals surface area (Å²) in [5.41, 5.74) is 2.66. The lowest BCUT2D eigenvalue weighted by atomic mass is 9.87. The van der Waals surface area contributed by atoms with Crippen LogP contribution in [0, 0.1) is 0 Å². The predicted molar refractivity (Wildman–Crippen MR) is 167 cm³/mol.